The van der Waals surface area contributed by atoms with Gasteiger partial charge >= 0.3 is 5.97 Å². The number of carboxylic acids is 1. The van der Waals surface area contributed by atoms with Crippen LogP contribution in [0.4, 0.5) is 0 Å². The molecule has 23 heavy (non-hydrogen) atoms. The standard InChI is InChI=1S/C18H25NO4/c1-12(2)11-15(16(20)21)19-17(22)18(9-4-10-18)13-5-7-14(23-3)8-6-13/h5-8,12,15H,4,9-11H2,1-3H3,(H,19,22)(H,20,21)/t15-/m1/s1. The zero-order valence-corrected chi connectivity index (χ0v) is 14.0. The third-order valence-electron chi connectivity index (χ3n) is 4.59. The molecule has 2 rings (SSSR count). The number of amides is 1. The fraction of sp³-hybridized carbons (Fsp3) is 0.556. The van der Waals surface area contributed by atoms with Crippen LogP contribution in [-0.2, 0) is 15.0 Å². The van der Waals surface area contributed by atoms with Crippen molar-refractivity contribution in [1.82, 2.24) is 5.32 Å². The molecule has 2 N–H and O–H groups in total. The first kappa shape index (κ1) is 17.3. The predicted octanol–water partition coefficient (Wildman–Crippen LogP) is 2.73. The van der Waals surface area contributed by atoms with Gasteiger partial charge in [0.2, 0.25) is 5.91 Å². The Hall–Kier alpha value is -2.04. The van der Waals surface area contributed by atoms with E-state index in [2.05, 4.69) is 5.32 Å². The van der Waals surface area contributed by atoms with Crippen LogP contribution < -0.4 is 10.1 Å². The summed E-state index contributed by atoms with van der Waals surface area (Å²) in [6.07, 6.45) is 2.90. The second-order valence-electron chi connectivity index (χ2n) is 6.66. The van der Waals surface area contributed by atoms with Gasteiger partial charge in [-0.1, -0.05) is 32.4 Å². The van der Waals surface area contributed by atoms with Crippen LogP contribution in [0.2, 0.25) is 0 Å². The van der Waals surface area contributed by atoms with Gasteiger partial charge in [0.15, 0.2) is 0 Å². The van der Waals surface area contributed by atoms with Crippen molar-refractivity contribution < 1.29 is 19.4 Å². The van der Waals surface area contributed by atoms with Crippen molar-refractivity contribution in [2.75, 3.05) is 7.11 Å². The Bertz CT molecular complexity index is 561. The number of ether oxygens (including phenoxy) is 1. The van der Waals surface area contributed by atoms with Crippen LogP contribution >= 0.6 is 0 Å². The van der Waals surface area contributed by atoms with E-state index in [1.165, 1.54) is 0 Å². The molecule has 0 unspecified atom stereocenters. The minimum atomic E-state index is -0.976. The summed E-state index contributed by atoms with van der Waals surface area (Å²) in [5.74, 6) is -0.209. The predicted molar refractivity (Wildman–Crippen MR) is 87.5 cm³/mol. The fourth-order valence-corrected chi connectivity index (χ4v) is 3.08. The van der Waals surface area contributed by atoms with Gasteiger partial charge in [0.25, 0.3) is 0 Å². The summed E-state index contributed by atoms with van der Waals surface area (Å²) in [5, 5.41) is 12.1. The van der Waals surface area contributed by atoms with Crippen LogP contribution in [0, 0.1) is 5.92 Å². The third kappa shape index (κ3) is 3.66. The number of carbonyl (C=O) groups excluding carboxylic acids is 1. The molecule has 126 valence electrons. The summed E-state index contributed by atoms with van der Waals surface area (Å²) in [6, 6.07) is 6.64. The second-order valence-corrected chi connectivity index (χ2v) is 6.66. The molecule has 0 aliphatic heterocycles. The van der Waals surface area contributed by atoms with Crippen LogP contribution in [0.1, 0.15) is 45.1 Å². The molecule has 1 aliphatic rings. The number of rotatable bonds is 7. The van der Waals surface area contributed by atoms with Crippen molar-refractivity contribution in [2.45, 2.75) is 51.0 Å². The lowest BCUT2D eigenvalue weighted by Crippen LogP contribution is -2.54. The average molecular weight is 319 g/mol. The maximum Gasteiger partial charge on any atom is 0.326 e. The lowest BCUT2D eigenvalue weighted by Gasteiger charge is -2.41. The van der Waals surface area contributed by atoms with Gasteiger partial charge in [0.1, 0.15) is 11.8 Å². The summed E-state index contributed by atoms with van der Waals surface area (Å²) >= 11 is 0. The highest BCUT2D eigenvalue weighted by molar-refractivity contribution is 5.92. The van der Waals surface area contributed by atoms with Crippen molar-refractivity contribution in [3.05, 3.63) is 29.8 Å². The second kappa shape index (κ2) is 7.02. The minimum Gasteiger partial charge on any atom is -0.497 e. The Morgan fingerprint density at radius 2 is 1.87 bits per heavy atom. The van der Waals surface area contributed by atoms with E-state index < -0.39 is 17.4 Å². The zero-order valence-electron chi connectivity index (χ0n) is 14.0. The molecule has 1 atom stereocenters. The van der Waals surface area contributed by atoms with Gasteiger partial charge in [-0.15, -0.1) is 0 Å². The van der Waals surface area contributed by atoms with Crippen LogP contribution in [0.25, 0.3) is 0 Å². The van der Waals surface area contributed by atoms with E-state index in [-0.39, 0.29) is 11.8 Å². The molecule has 0 radical (unpaired) electrons. The lowest BCUT2D eigenvalue weighted by molar-refractivity contribution is -0.144. The molecule has 0 heterocycles. The van der Waals surface area contributed by atoms with Gasteiger partial charge < -0.3 is 15.2 Å². The molecule has 0 spiro atoms. The van der Waals surface area contributed by atoms with E-state index in [9.17, 15) is 14.7 Å². The van der Waals surface area contributed by atoms with Gasteiger partial charge in [-0.05, 0) is 42.9 Å². The Morgan fingerprint density at radius 1 is 1.26 bits per heavy atom. The van der Waals surface area contributed by atoms with E-state index in [1.54, 1.807) is 7.11 Å². The lowest BCUT2D eigenvalue weighted by atomic mass is 9.63. The van der Waals surface area contributed by atoms with Gasteiger partial charge in [-0.25, -0.2) is 4.79 Å². The SMILES string of the molecule is COc1ccc(C2(C(=O)N[C@H](CC(C)C)C(=O)O)CCC2)cc1. The summed E-state index contributed by atoms with van der Waals surface area (Å²) in [4.78, 5) is 24.2. The van der Waals surface area contributed by atoms with Gasteiger partial charge in [0.05, 0.1) is 12.5 Å². The number of carbonyl (C=O) groups is 2. The Balaban J connectivity index is 2.17. The molecule has 0 bridgehead atoms. The third-order valence-corrected chi connectivity index (χ3v) is 4.59. The monoisotopic (exact) mass is 319 g/mol. The van der Waals surface area contributed by atoms with Crippen LogP contribution in [0.15, 0.2) is 24.3 Å². The van der Waals surface area contributed by atoms with E-state index >= 15 is 0 Å². The number of hydrogen-bond acceptors (Lipinski definition) is 3. The highest BCUT2D eigenvalue weighted by Crippen LogP contribution is 2.44. The van der Waals surface area contributed by atoms with Gasteiger partial charge in [-0.3, -0.25) is 4.79 Å². The molecule has 1 fully saturated rings. The van der Waals surface area contributed by atoms with Crippen molar-refractivity contribution in [3.8, 4) is 5.75 Å². The number of hydrogen-bond donors (Lipinski definition) is 2. The van der Waals surface area contributed by atoms with Crippen molar-refractivity contribution in [1.29, 1.82) is 0 Å². The molecular weight excluding hydrogens is 294 g/mol. The molecule has 1 aromatic rings. The van der Waals surface area contributed by atoms with Crippen molar-refractivity contribution in [3.63, 3.8) is 0 Å². The molecule has 5 heteroatoms. The summed E-state index contributed by atoms with van der Waals surface area (Å²) in [6.45, 7) is 3.90. The Kier molecular flexibility index (Phi) is 5.29. The average Bonchev–Trinajstić information content (AvgIpc) is 2.45. The Labute approximate surface area is 137 Å². The normalized spacial score (nSPS) is 17.2. The Morgan fingerprint density at radius 3 is 2.26 bits per heavy atom. The smallest absolute Gasteiger partial charge is 0.326 e. The number of carboxylic acid groups (broad SMARTS) is 1. The first-order valence-electron chi connectivity index (χ1n) is 8.07. The number of methoxy groups -OCH3 is 1. The first-order valence-corrected chi connectivity index (χ1v) is 8.07. The van der Waals surface area contributed by atoms with Crippen LogP contribution in [0.3, 0.4) is 0 Å². The van der Waals surface area contributed by atoms with E-state index in [1.807, 2.05) is 38.1 Å². The molecule has 5 nitrogen and oxygen atoms in total. The molecule has 1 saturated carbocycles. The topological polar surface area (TPSA) is 75.6 Å². The molecule has 1 aromatic carbocycles. The maximum atomic E-state index is 12.8. The summed E-state index contributed by atoms with van der Waals surface area (Å²) < 4.78 is 5.16. The number of benzene rings is 1. The minimum absolute atomic E-state index is 0.179. The molecule has 0 saturated heterocycles. The van der Waals surface area contributed by atoms with E-state index in [0.717, 1.165) is 30.6 Å². The molecular formula is C18H25NO4. The number of nitrogens with one attached hydrogen (secondary N) is 1. The van der Waals surface area contributed by atoms with Crippen LogP contribution in [0.5, 0.6) is 5.75 Å². The molecule has 1 aliphatic carbocycles. The summed E-state index contributed by atoms with van der Waals surface area (Å²) in [7, 11) is 1.60. The highest BCUT2D eigenvalue weighted by atomic mass is 16.5. The van der Waals surface area contributed by atoms with Crippen molar-refractivity contribution in [2.24, 2.45) is 5.92 Å². The van der Waals surface area contributed by atoms with Crippen LogP contribution in [-0.4, -0.2) is 30.1 Å². The quantitative estimate of drug-likeness (QED) is 0.810. The molecule has 1 amide bonds. The zero-order chi connectivity index (χ0) is 17.0. The molecule has 0 aromatic heterocycles. The number of aliphatic carboxylic acids is 1. The highest BCUT2D eigenvalue weighted by Gasteiger charge is 2.46. The largest absolute Gasteiger partial charge is 0.497 e. The first-order chi connectivity index (χ1) is 10.9. The van der Waals surface area contributed by atoms with E-state index in [0.29, 0.717) is 6.42 Å². The fourth-order valence-electron chi connectivity index (χ4n) is 3.08. The van der Waals surface area contributed by atoms with Crippen molar-refractivity contribution >= 4 is 11.9 Å². The maximum absolute atomic E-state index is 12.8. The summed E-state index contributed by atoms with van der Waals surface area (Å²) in [5.41, 5.74) is 0.326. The van der Waals surface area contributed by atoms with Gasteiger partial charge in [-0.2, -0.15) is 0 Å². The van der Waals surface area contributed by atoms with Gasteiger partial charge in [0, 0.05) is 0 Å². The van der Waals surface area contributed by atoms with E-state index in [4.69, 9.17) is 4.74 Å².